The van der Waals surface area contributed by atoms with Gasteiger partial charge >= 0.3 is 18.0 Å². The summed E-state index contributed by atoms with van der Waals surface area (Å²) in [7, 11) is 0. The van der Waals surface area contributed by atoms with Gasteiger partial charge in [-0.1, -0.05) is 97.5 Å². The first-order valence-corrected chi connectivity index (χ1v) is 22.2. The van der Waals surface area contributed by atoms with Gasteiger partial charge in [-0.15, -0.1) is 0 Å². The summed E-state index contributed by atoms with van der Waals surface area (Å²) in [5.41, 5.74) is -1.25. The molecule has 0 bridgehead atoms. The number of hydrogen-bond donors (Lipinski definition) is 3. The number of ether oxygens (including phenoxy) is 3. The van der Waals surface area contributed by atoms with Crippen LogP contribution in [0.2, 0.25) is 0 Å². The number of hydrogen-bond acceptors (Lipinski definition) is 12. The summed E-state index contributed by atoms with van der Waals surface area (Å²) in [5.74, 6) is 1.30. The molecule has 3 aliphatic heterocycles. The number of carbonyl (C=O) groups excluding carboxylic acids is 3. The van der Waals surface area contributed by atoms with Crippen LogP contribution in [0.3, 0.4) is 0 Å². The Kier molecular flexibility index (Phi) is 12.4. The van der Waals surface area contributed by atoms with Crippen LogP contribution in [0.5, 0.6) is 5.75 Å². The smallest absolute Gasteiger partial charge is 0.421 e. The minimum absolute atomic E-state index is 0.000613. The minimum atomic E-state index is -2.26. The van der Waals surface area contributed by atoms with Gasteiger partial charge in [-0.05, 0) is 96.0 Å². The highest BCUT2D eigenvalue weighted by Gasteiger charge is 2.76. The Morgan fingerprint density at radius 1 is 0.821 bits per heavy atom. The van der Waals surface area contributed by atoms with Crippen LogP contribution in [-0.2, 0) is 35.9 Å². The van der Waals surface area contributed by atoms with Crippen LogP contribution in [0.25, 0.3) is 0 Å². The molecule has 342 valence electrons. The van der Waals surface area contributed by atoms with Crippen molar-refractivity contribution in [1.29, 1.82) is 0 Å². The number of carboxylic acids is 1. The number of benzene rings is 5. The average molecular weight is 906 g/mol. The monoisotopic (exact) mass is 905 g/mol. The molecule has 2 saturated heterocycles. The molecule has 4 aliphatic rings. The summed E-state index contributed by atoms with van der Waals surface area (Å²) in [4.78, 5) is 73.3. The van der Waals surface area contributed by atoms with Crippen LogP contribution in [-0.4, -0.2) is 73.9 Å². The van der Waals surface area contributed by atoms with Gasteiger partial charge in [0.1, 0.15) is 48.0 Å². The van der Waals surface area contributed by atoms with Gasteiger partial charge in [0.15, 0.2) is 0 Å². The third-order valence-electron chi connectivity index (χ3n) is 13.3. The number of nitro groups is 1. The number of aliphatic hydroxyl groups is 2. The molecule has 5 aromatic carbocycles. The molecule has 1 aliphatic carbocycles. The summed E-state index contributed by atoms with van der Waals surface area (Å²) in [5, 5.41) is 44.1. The molecule has 0 unspecified atom stereocenters. The molecule has 0 aromatic heterocycles. The van der Waals surface area contributed by atoms with Crippen molar-refractivity contribution in [3.8, 4) is 17.6 Å². The lowest BCUT2D eigenvalue weighted by Gasteiger charge is -2.46. The quantitative estimate of drug-likeness (QED) is 0.0409. The number of aliphatic hydroxyl groups excluding tert-OH is 1. The zero-order valence-corrected chi connectivity index (χ0v) is 36.2. The van der Waals surface area contributed by atoms with Crippen LogP contribution < -0.4 is 9.64 Å². The van der Waals surface area contributed by atoms with E-state index in [2.05, 4.69) is 11.8 Å². The highest BCUT2D eigenvalue weighted by Crippen LogP contribution is 2.66. The Labute approximate surface area is 385 Å². The van der Waals surface area contributed by atoms with E-state index in [1.807, 2.05) is 48.5 Å². The first-order chi connectivity index (χ1) is 32.4. The Balaban J connectivity index is 1.28. The average Bonchev–Trinajstić information content (AvgIpc) is 3.68. The van der Waals surface area contributed by atoms with Crippen LogP contribution >= 0.6 is 0 Å². The maximum absolute atomic E-state index is 16.1. The molecule has 9 rings (SSSR count). The number of morpholine rings is 1. The van der Waals surface area contributed by atoms with Gasteiger partial charge in [-0.3, -0.25) is 29.4 Å². The maximum Gasteiger partial charge on any atom is 0.421 e. The van der Waals surface area contributed by atoms with Crippen molar-refractivity contribution >= 4 is 35.3 Å². The third-order valence-corrected chi connectivity index (χ3v) is 13.3. The highest BCUT2D eigenvalue weighted by molar-refractivity contribution is 6.23. The van der Waals surface area contributed by atoms with E-state index in [0.29, 0.717) is 46.4 Å². The van der Waals surface area contributed by atoms with E-state index >= 15 is 4.79 Å². The van der Waals surface area contributed by atoms with E-state index in [1.165, 1.54) is 30.3 Å². The number of nitro benzene ring substituents is 1. The number of rotatable bonds is 10. The van der Waals surface area contributed by atoms with Crippen molar-refractivity contribution in [2.75, 3.05) is 18.1 Å². The molecular formula is C52H47N3O12. The Morgan fingerprint density at radius 3 is 2.10 bits per heavy atom. The van der Waals surface area contributed by atoms with Crippen molar-refractivity contribution in [1.82, 2.24) is 4.90 Å². The molecule has 5 aromatic rings. The fourth-order valence-corrected chi connectivity index (χ4v) is 10.4. The number of cyclic esters (lactones) is 1. The van der Waals surface area contributed by atoms with Crippen LogP contribution in [0.4, 0.5) is 16.2 Å². The van der Waals surface area contributed by atoms with E-state index in [9.17, 15) is 39.8 Å². The van der Waals surface area contributed by atoms with E-state index < -0.39 is 76.6 Å². The number of amides is 2. The van der Waals surface area contributed by atoms with Crippen LogP contribution in [0, 0.1) is 27.9 Å². The number of esters is 1. The van der Waals surface area contributed by atoms with Crippen molar-refractivity contribution in [2.24, 2.45) is 5.92 Å². The lowest BCUT2D eigenvalue weighted by Crippen LogP contribution is -2.53. The van der Waals surface area contributed by atoms with Gasteiger partial charge in [0.25, 0.3) is 5.69 Å². The molecule has 0 radical (unpaired) electrons. The number of carbonyl (C=O) groups is 4. The van der Waals surface area contributed by atoms with Gasteiger partial charge in [-0.2, -0.15) is 0 Å². The molecule has 3 heterocycles. The second-order valence-corrected chi connectivity index (χ2v) is 17.3. The Morgan fingerprint density at radius 2 is 1.48 bits per heavy atom. The van der Waals surface area contributed by atoms with Gasteiger partial charge in [0.2, 0.25) is 5.91 Å². The van der Waals surface area contributed by atoms with Gasteiger partial charge in [-0.25, -0.2) is 9.69 Å². The van der Waals surface area contributed by atoms with Crippen LogP contribution in [0.15, 0.2) is 127 Å². The zero-order chi connectivity index (χ0) is 46.9. The molecular weight excluding hydrogens is 859 g/mol. The summed E-state index contributed by atoms with van der Waals surface area (Å²) in [6.45, 7) is -0.665. The Hall–Kier alpha value is -7.38. The molecule has 2 amide bonds. The van der Waals surface area contributed by atoms with Crippen molar-refractivity contribution in [3.63, 3.8) is 0 Å². The second kappa shape index (κ2) is 18.5. The summed E-state index contributed by atoms with van der Waals surface area (Å²) < 4.78 is 17.8. The summed E-state index contributed by atoms with van der Waals surface area (Å²) in [6.07, 6.45) is 2.28. The van der Waals surface area contributed by atoms with E-state index in [1.54, 1.807) is 53.4 Å². The number of anilines is 1. The lowest BCUT2D eigenvalue weighted by atomic mass is 9.65. The van der Waals surface area contributed by atoms with Crippen molar-refractivity contribution in [2.45, 2.75) is 80.4 Å². The van der Waals surface area contributed by atoms with E-state index in [4.69, 9.17) is 14.2 Å². The molecule has 1 spiro atoms. The molecule has 15 nitrogen and oxygen atoms in total. The van der Waals surface area contributed by atoms with E-state index in [-0.39, 0.29) is 30.2 Å². The molecule has 1 saturated carbocycles. The first-order valence-electron chi connectivity index (χ1n) is 22.2. The number of aliphatic carboxylic acids is 1. The third kappa shape index (κ3) is 8.17. The van der Waals surface area contributed by atoms with Crippen molar-refractivity contribution in [3.05, 3.63) is 171 Å². The van der Waals surface area contributed by atoms with Gasteiger partial charge in [0, 0.05) is 17.7 Å². The fraction of sp³-hybridized carbons (Fsp3) is 0.308. The maximum atomic E-state index is 16.1. The largest absolute Gasteiger partial charge is 0.491 e. The number of non-ortho nitro benzene ring substituents is 1. The standard InChI is InChI=1S/C52H47N3O12/c56-29-30-65-39-22-18-37(19-23-39)46-52(42(47(57)58)44-48(59)67-45(36-13-7-4-8-14-36)43(54(44)46)35-11-5-3-6-12-35)40-31-33(25-28-51(62)26-9-1-2-10-27-51)17-24-41(40)53(49(52)60)50(61)66-32-34-15-20-38(21-16-34)55(63)64/h3-8,11-24,31,42-46,56,62H,1-2,9-10,26-27,29-30,32H2,(H,57,58)/t42-,43-,44-,45+,46+,52-/m0/s1. The van der Waals surface area contributed by atoms with Gasteiger partial charge < -0.3 is 29.5 Å². The number of fused-ring (bicyclic) bond motifs is 3. The predicted molar refractivity (Wildman–Crippen MR) is 241 cm³/mol. The molecule has 3 fully saturated rings. The molecule has 15 heteroatoms. The summed E-state index contributed by atoms with van der Waals surface area (Å²) >= 11 is 0. The number of carboxylic acid groups (broad SMARTS) is 1. The molecule has 67 heavy (non-hydrogen) atoms. The fourth-order valence-electron chi connectivity index (χ4n) is 10.4. The molecule has 6 atom stereocenters. The second-order valence-electron chi connectivity index (χ2n) is 17.3. The lowest BCUT2D eigenvalue weighted by molar-refractivity contribution is -0.384. The zero-order valence-electron chi connectivity index (χ0n) is 36.2. The van der Waals surface area contributed by atoms with Gasteiger partial charge in [0.05, 0.1) is 29.3 Å². The normalized spacial score (nSPS) is 24.1. The Bertz CT molecular complexity index is 2750. The first kappa shape index (κ1) is 44.8. The highest BCUT2D eigenvalue weighted by atomic mass is 16.6. The minimum Gasteiger partial charge on any atom is -0.491 e. The molecule has 3 N–H and O–H groups in total. The SMILES string of the molecule is O=C1O[C@H](c2ccccc2)[C@H](c2ccccc2)N2[C@H]1[C@@H](C(=O)O)[C@]1(C(=O)N(C(=O)OCc3ccc([N+](=O)[O-])cc3)c3ccc(C#CC4(O)CCCCCC4)cc31)[C@H]2c1ccc(OCCO)cc1. The number of nitrogens with zero attached hydrogens (tertiary/aromatic N) is 3. The van der Waals surface area contributed by atoms with E-state index in [0.717, 1.165) is 30.6 Å². The topological polar surface area (TPSA) is 206 Å². The van der Waals surface area contributed by atoms with Crippen LogP contribution in [0.1, 0.15) is 90.1 Å². The predicted octanol–water partition coefficient (Wildman–Crippen LogP) is 7.49. The number of imide groups is 1. The van der Waals surface area contributed by atoms with Crippen molar-refractivity contribution < 1.29 is 53.6 Å². The summed E-state index contributed by atoms with van der Waals surface area (Å²) in [6, 6.07) is 31.0.